The van der Waals surface area contributed by atoms with Crippen LogP contribution < -0.4 is 5.48 Å². The van der Waals surface area contributed by atoms with Crippen LogP contribution in [0.15, 0.2) is 42.6 Å². The molecular formula is C22H26N2O3. The Bertz CT molecular complexity index is 820. The number of benzene rings is 1. The highest BCUT2D eigenvalue weighted by molar-refractivity contribution is 6.03. The van der Waals surface area contributed by atoms with Crippen LogP contribution in [0.25, 0.3) is 11.3 Å². The molecule has 1 aliphatic rings. The number of nitrogens with one attached hydrogen (secondary N) is 1. The lowest BCUT2D eigenvalue weighted by Crippen LogP contribution is -2.33. The van der Waals surface area contributed by atoms with E-state index >= 15 is 0 Å². The maximum absolute atomic E-state index is 13.1. The summed E-state index contributed by atoms with van der Waals surface area (Å²) in [6.45, 7) is 2.06. The van der Waals surface area contributed by atoms with Gasteiger partial charge in [0, 0.05) is 29.2 Å². The predicted molar refractivity (Wildman–Crippen MR) is 103 cm³/mol. The van der Waals surface area contributed by atoms with Crippen LogP contribution in [-0.4, -0.2) is 21.9 Å². The topological polar surface area (TPSA) is 79.3 Å². The summed E-state index contributed by atoms with van der Waals surface area (Å²) in [5.41, 5.74) is 5.24. The van der Waals surface area contributed by atoms with Crippen molar-refractivity contribution in [3.05, 3.63) is 53.7 Å². The molecule has 2 aromatic rings. The van der Waals surface area contributed by atoms with Crippen molar-refractivity contribution in [1.29, 1.82) is 0 Å². The number of Topliss-reactive ketones (excluding diaryl/α,β-unsaturated/α-hetero) is 1. The second kappa shape index (κ2) is 8.44. The van der Waals surface area contributed by atoms with Crippen LogP contribution in [-0.2, 0) is 11.2 Å². The molecule has 1 atom stereocenters. The third kappa shape index (κ3) is 4.42. The number of nitrogens with zero attached hydrogens (tertiary/aromatic N) is 1. The Balaban J connectivity index is 1.64. The summed E-state index contributed by atoms with van der Waals surface area (Å²) in [5.74, 6) is -0.128. The highest BCUT2D eigenvalue weighted by atomic mass is 16.5. The van der Waals surface area contributed by atoms with Crippen molar-refractivity contribution >= 4 is 11.7 Å². The third-order valence-corrected chi connectivity index (χ3v) is 5.56. The number of ketones is 1. The van der Waals surface area contributed by atoms with Crippen molar-refractivity contribution in [2.75, 3.05) is 0 Å². The Morgan fingerprint density at radius 2 is 2.07 bits per heavy atom. The van der Waals surface area contributed by atoms with Crippen LogP contribution in [0.5, 0.6) is 0 Å². The minimum absolute atomic E-state index is 0.226. The number of unbranched alkanes of at least 4 members (excludes halogenated alkanes) is 2. The van der Waals surface area contributed by atoms with Crippen molar-refractivity contribution in [2.45, 2.75) is 51.9 Å². The van der Waals surface area contributed by atoms with Gasteiger partial charge in [-0.25, -0.2) is 5.48 Å². The lowest BCUT2D eigenvalue weighted by atomic mass is 9.69. The zero-order chi connectivity index (χ0) is 19.3. The van der Waals surface area contributed by atoms with Gasteiger partial charge in [-0.2, -0.15) is 0 Å². The molecule has 0 saturated heterocycles. The third-order valence-electron chi connectivity index (χ3n) is 5.56. The van der Waals surface area contributed by atoms with Crippen molar-refractivity contribution in [3.63, 3.8) is 0 Å². The molecule has 3 rings (SSSR count). The molecule has 0 radical (unpaired) electrons. The van der Waals surface area contributed by atoms with Crippen molar-refractivity contribution in [2.24, 2.45) is 5.41 Å². The van der Waals surface area contributed by atoms with Crippen LogP contribution >= 0.6 is 0 Å². The van der Waals surface area contributed by atoms with E-state index in [0.29, 0.717) is 6.42 Å². The summed E-state index contributed by atoms with van der Waals surface area (Å²) in [6.07, 6.45) is 7.17. The van der Waals surface area contributed by atoms with Gasteiger partial charge in [0.25, 0.3) is 0 Å². The van der Waals surface area contributed by atoms with Crippen molar-refractivity contribution < 1.29 is 14.8 Å². The van der Waals surface area contributed by atoms with E-state index in [-0.39, 0.29) is 17.1 Å². The number of amides is 1. The van der Waals surface area contributed by atoms with Gasteiger partial charge >= 0.3 is 0 Å². The highest BCUT2D eigenvalue weighted by Crippen LogP contribution is 2.40. The van der Waals surface area contributed by atoms with E-state index in [4.69, 9.17) is 5.21 Å². The van der Waals surface area contributed by atoms with Crippen LogP contribution in [0.1, 0.15) is 61.4 Å². The fourth-order valence-corrected chi connectivity index (χ4v) is 3.84. The lowest BCUT2D eigenvalue weighted by molar-refractivity contribution is -0.129. The van der Waals surface area contributed by atoms with Gasteiger partial charge in [0.15, 0.2) is 5.78 Å². The minimum atomic E-state index is -0.354. The molecule has 0 spiro atoms. The highest BCUT2D eigenvalue weighted by Gasteiger charge is 2.37. The molecule has 0 bridgehead atoms. The first-order valence-electron chi connectivity index (χ1n) is 9.55. The van der Waals surface area contributed by atoms with E-state index in [1.807, 2.05) is 30.3 Å². The summed E-state index contributed by atoms with van der Waals surface area (Å²) < 4.78 is 0. The number of hydroxylamine groups is 1. The predicted octanol–water partition coefficient (Wildman–Crippen LogP) is 4.34. The Morgan fingerprint density at radius 3 is 2.81 bits per heavy atom. The number of aromatic nitrogens is 1. The second-order valence-electron chi connectivity index (χ2n) is 7.57. The number of rotatable bonds is 7. The second-order valence-corrected chi connectivity index (χ2v) is 7.57. The van der Waals surface area contributed by atoms with Gasteiger partial charge in [-0.15, -0.1) is 0 Å². The molecule has 5 nitrogen and oxygen atoms in total. The van der Waals surface area contributed by atoms with Gasteiger partial charge in [0.05, 0.1) is 5.69 Å². The molecule has 2 N–H and O–H groups in total. The molecule has 1 heterocycles. The maximum atomic E-state index is 13.1. The molecule has 1 aliphatic carbocycles. The SMILES string of the molecule is CC1(CCCCCC(=O)NO)CCc2cc(-c3ccccn3)ccc2C1=O. The van der Waals surface area contributed by atoms with Gasteiger partial charge in [-0.1, -0.05) is 38.0 Å². The van der Waals surface area contributed by atoms with E-state index in [0.717, 1.165) is 60.9 Å². The normalized spacial score (nSPS) is 18.8. The summed E-state index contributed by atoms with van der Waals surface area (Å²) in [7, 11) is 0. The van der Waals surface area contributed by atoms with Crippen LogP contribution in [0.3, 0.4) is 0 Å². The van der Waals surface area contributed by atoms with Gasteiger partial charge < -0.3 is 0 Å². The van der Waals surface area contributed by atoms with E-state index in [1.165, 1.54) is 0 Å². The van der Waals surface area contributed by atoms with Gasteiger partial charge in [-0.05, 0) is 49.4 Å². The molecule has 5 heteroatoms. The summed E-state index contributed by atoms with van der Waals surface area (Å²) in [4.78, 5) is 28.5. The van der Waals surface area contributed by atoms with Gasteiger partial charge in [-0.3, -0.25) is 19.8 Å². The van der Waals surface area contributed by atoms with Gasteiger partial charge in [0.2, 0.25) is 5.91 Å². The molecular weight excluding hydrogens is 340 g/mol. The first-order valence-corrected chi connectivity index (χ1v) is 9.55. The minimum Gasteiger partial charge on any atom is -0.294 e. The van der Waals surface area contributed by atoms with E-state index in [9.17, 15) is 9.59 Å². The molecule has 1 amide bonds. The Morgan fingerprint density at radius 1 is 1.22 bits per heavy atom. The molecule has 1 aromatic heterocycles. The number of pyridine rings is 1. The smallest absolute Gasteiger partial charge is 0.243 e. The van der Waals surface area contributed by atoms with Crippen LogP contribution in [0.2, 0.25) is 0 Å². The quantitative estimate of drug-likeness (QED) is 0.434. The van der Waals surface area contributed by atoms with Crippen molar-refractivity contribution in [1.82, 2.24) is 10.5 Å². The fourth-order valence-electron chi connectivity index (χ4n) is 3.84. The molecule has 0 fully saturated rings. The number of hydrogen-bond acceptors (Lipinski definition) is 4. The van der Waals surface area contributed by atoms with E-state index in [2.05, 4.69) is 18.0 Å². The lowest BCUT2D eigenvalue weighted by Gasteiger charge is -2.33. The molecule has 27 heavy (non-hydrogen) atoms. The number of fused-ring (bicyclic) bond motifs is 1. The zero-order valence-corrected chi connectivity index (χ0v) is 15.7. The summed E-state index contributed by atoms with van der Waals surface area (Å²) in [5, 5.41) is 8.51. The Labute approximate surface area is 159 Å². The summed E-state index contributed by atoms with van der Waals surface area (Å²) >= 11 is 0. The average Bonchev–Trinajstić information content (AvgIpc) is 2.71. The monoisotopic (exact) mass is 366 g/mol. The zero-order valence-electron chi connectivity index (χ0n) is 15.7. The summed E-state index contributed by atoms with van der Waals surface area (Å²) in [6, 6.07) is 11.9. The molecule has 142 valence electrons. The van der Waals surface area contributed by atoms with Gasteiger partial charge in [0.1, 0.15) is 0 Å². The number of hydrogen-bond donors (Lipinski definition) is 2. The molecule has 1 unspecified atom stereocenters. The number of carbonyl (C=O) groups is 2. The largest absolute Gasteiger partial charge is 0.294 e. The van der Waals surface area contributed by atoms with Crippen LogP contribution in [0.4, 0.5) is 0 Å². The maximum Gasteiger partial charge on any atom is 0.243 e. The number of carbonyl (C=O) groups excluding carboxylic acids is 2. The Hall–Kier alpha value is -2.53. The molecule has 0 aliphatic heterocycles. The first-order chi connectivity index (χ1) is 13.0. The van der Waals surface area contributed by atoms with Crippen molar-refractivity contribution in [3.8, 4) is 11.3 Å². The fraction of sp³-hybridized carbons (Fsp3) is 0.409. The molecule has 0 saturated carbocycles. The molecule has 1 aromatic carbocycles. The standard InChI is InChI=1S/C22H26N2O3/c1-22(12-5-2-3-8-20(25)24-27)13-11-16-15-17(9-10-18(16)21(22)26)19-7-4-6-14-23-19/h4,6-7,9-10,14-15,27H,2-3,5,8,11-13H2,1H3,(H,24,25). The van der Waals surface area contributed by atoms with Crippen LogP contribution in [0, 0.1) is 5.41 Å². The van der Waals surface area contributed by atoms with E-state index < -0.39 is 0 Å². The van der Waals surface area contributed by atoms with E-state index in [1.54, 1.807) is 11.7 Å². The Kier molecular flexibility index (Phi) is 6.01. The average molecular weight is 366 g/mol. The first kappa shape index (κ1) is 19.2. The number of aryl methyl sites for hydroxylation is 1.